The SMILES string of the molecule is COc1cccc(NCC(=Cc2ccc(C(=O)O)cc2)CCOc2cccc3ccccc23)c1. The molecule has 4 rings (SSSR count). The highest BCUT2D eigenvalue weighted by molar-refractivity contribution is 5.88. The zero-order chi connectivity index (χ0) is 23.8. The Kier molecular flexibility index (Phi) is 7.45. The Morgan fingerprint density at radius 3 is 2.50 bits per heavy atom. The van der Waals surface area contributed by atoms with Crippen LogP contribution >= 0.6 is 0 Å². The van der Waals surface area contributed by atoms with E-state index in [1.54, 1.807) is 19.2 Å². The predicted molar refractivity (Wildman–Crippen MR) is 137 cm³/mol. The van der Waals surface area contributed by atoms with Gasteiger partial charge in [0.2, 0.25) is 0 Å². The molecule has 0 atom stereocenters. The van der Waals surface area contributed by atoms with Crippen molar-refractivity contribution in [1.82, 2.24) is 0 Å². The van der Waals surface area contributed by atoms with Crippen LogP contribution < -0.4 is 14.8 Å². The van der Waals surface area contributed by atoms with E-state index in [2.05, 4.69) is 29.6 Å². The van der Waals surface area contributed by atoms with Crippen LogP contribution in [0.3, 0.4) is 0 Å². The summed E-state index contributed by atoms with van der Waals surface area (Å²) in [5.41, 5.74) is 3.30. The van der Waals surface area contributed by atoms with Gasteiger partial charge < -0.3 is 19.9 Å². The molecule has 0 bridgehead atoms. The zero-order valence-electron chi connectivity index (χ0n) is 19.0. The van der Waals surface area contributed by atoms with Crippen LogP contribution in [-0.2, 0) is 0 Å². The second kappa shape index (κ2) is 11.1. The van der Waals surface area contributed by atoms with Crippen LogP contribution in [0.4, 0.5) is 5.69 Å². The number of ether oxygens (including phenoxy) is 2. The van der Waals surface area contributed by atoms with Gasteiger partial charge in [0.25, 0.3) is 0 Å². The summed E-state index contributed by atoms with van der Waals surface area (Å²) in [5, 5.41) is 14.8. The van der Waals surface area contributed by atoms with Crippen LogP contribution in [0, 0.1) is 0 Å². The zero-order valence-corrected chi connectivity index (χ0v) is 19.0. The summed E-state index contributed by atoms with van der Waals surface area (Å²) in [5.74, 6) is 0.724. The highest BCUT2D eigenvalue weighted by atomic mass is 16.5. The van der Waals surface area contributed by atoms with Crippen molar-refractivity contribution < 1.29 is 19.4 Å². The summed E-state index contributed by atoms with van der Waals surface area (Å²) in [7, 11) is 1.65. The lowest BCUT2D eigenvalue weighted by Crippen LogP contribution is -2.09. The topological polar surface area (TPSA) is 67.8 Å². The van der Waals surface area contributed by atoms with E-state index in [4.69, 9.17) is 14.6 Å². The Morgan fingerprint density at radius 1 is 0.941 bits per heavy atom. The van der Waals surface area contributed by atoms with Crippen LogP contribution in [0.1, 0.15) is 22.3 Å². The second-order valence-electron chi connectivity index (χ2n) is 7.89. The lowest BCUT2D eigenvalue weighted by atomic mass is 10.1. The van der Waals surface area contributed by atoms with Crippen LogP contribution in [0.2, 0.25) is 0 Å². The van der Waals surface area contributed by atoms with Crippen LogP contribution in [0.5, 0.6) is 11.5 Å². The molecular formula is C29H27NO4. The van der Waals surface area contributed by atoms with E-state index in [0.29, 0.717) is 19.6 Å². The van der Waals surface area contributed by atoms with Gasteiger partial charge in [-0.05, 0) is 46.9 Å². The summed E-state index contributed by atoms with van der Waals surface area (Å²) in [6, 6.07) is 28.9. The van der Waals surface area contributed by atoms with Crippen molar-refractivity contribution in [3.8, 4) is 11.5 Å². The second-order valence-corrected chi connectivity index (χ2v) is 7.89. The quantitative estimate of drug-likeness (QED) is 0.286. The van der Waals surface area contributed by atoms with Crippen molar-refractivity contribution in [2.45, 2.75) is 6.42 Å². The minimum Gasteiger partial charge on any atom is -0.497 e. The molecule has 5 heteroatoms. The number of aromatic carboxylic acids is 1. The summed E-state index contributed by atoms with van der Waals surface area (Å²) in [6.07, 6.45) is 2.78. The smallest absolute Gasteiger partial charge is 0.335 e. The summed E-state index contributed by atoms with van der Waals surface area (Å²) in [4.78, 5) is 11.2. The molecule has 2 N–H and O–H groups in total. The molecule has 4 aromatic carbocycles. The lowest BCUT2D eigenvalue weighted by molar-refractivity contribution is 0.0697. The normalized spacial score (nSPS) is 11.3. The summed E-state index contributed by atoms with van der Waals surface area (Å²) >= 11 is 0. The maximum absolute atomic E-state index is 11.2. The molecule has 172 valence electrons. The Morgan fingerprint density at radius 2 is 1.71 bits per heavy atom. The summed E-state index contributed by atoms with van der Waals surface area (Å²) in [6.45, 7) is 1.14. The number of methoxy groups -OCH3 is 1. The molecule has 0 saturated carbocycles. The first kappa shape index (κ1) is 22.9. The Balaban J connectivity index is 1.49. The lowest BCUT2D eigenvalue weighted by Gasteiger charge is -2.14. The van der Waals surface area contributed by atoms with E-state index in [9.17, 15) is 4.79 Å². The van der Waals surface area contributed by atoms with Crippen molar-refractivity contribution in [3.63, 3.8) is 0 Å². The first-order valence-electron chi connectivity index (χ1n) is 11.1. The molecule has 0 aliphatic carbocycles. The highest BCUT2D eigenvalue weighted by Crippen LogP contribution is 2.26. The Bertz CT molecular complexity index is 1290. The van der Waals surface area contributed by atoms with Gasteiger partial charge in [0.05, 0.1) is 19.3 Å². The molecular weight excluding hydrogens is 426 g/mol. The van der Waals surface area contributed by atoms with E-state index in [0.717, 1.165) is 39.1 Å². The monoisotopic (exact) mass is 453 g/mol. The molecule has 4 aromatic rings. The number of hydrogen-bond donors (Lipinski definition) is 2. The number of carboxylic acids is 1. The molecule has 0 unspecified atom stereocenters. The van der Waals surface area contributed by atoms with Crippen LogP contribution in [0.15, 0.2) is 96.6 Å². The highest BCUT2D eigenvalue weighted by Gasteiger charge is 2.06. The fraction of sp³-hybridized carbons (Fsp3) is 0.138. The van der Waals surface area contributed by atoms with Crippen LogP contribution in [-0.4, -0.2) is 31.3 Å². The van der Waals surface area contributed by atoms with Gasteiger partial charge in [-0.3, -0.25) is 0 Å². The molecule has 0 saturated heterocycles. The molecule has 0 spiro atoms. The molecule has 0 heterocycles. The number of hydrogen-bond acceptors (Lipinski definition) is 4. The maximum atomic E-state index is 11.2. The first-order chi connectivity index (χ1) is 16.6. The van der Waals surface area contributed by atoms with Gasteiger partial charge in [0.15, 0.2) is 0 Å². The predicted octanol–water partition coefficient (Wildman–Crippen LogP) is 6.51. The molecule has 0 aliphatic heterocycles. The van der Waals surface area contributed by atoms with Gasteiger partial charge in [-0.25, -0.2) is 4.79 Å². The number of rotatable bonds is 10. The number of fused-ring (bicyclic) bond motifs is 1. The Hall–Kier alpha value is -4.25. The van der Waals surface area contributed by atoms with E-state index in [1.165, 1.54) is 0 Å². The molecule has 0 aliphatic rings. The molecule has 0 amide bonds. The van der Waals surface area contributed by atoms with Crippen molar-refractivity contribution >= 4 is 28.5 Å². The fourth-order valence-electron chi connectivity index (χ4n) is 3.73. The molecule has 0 fully saturated rings. The van der Waals surface area contributed by atoms with Gasteiger partial charge in [-0.2, -0.15) is 0 Å². The van der Waals surface area contributed by atoms with Gasteiger partial charge in [0, 0.05) is 30.1 Å². The maximum Gasteiger partial charge on any atom is 0.335 e. The van der Waals surface area contributed by atoms with Gasteiger partial charge in [0.1, 0.15) is 11.5 Å². The van der Waals surface area contributed by atoms with Gasteiger partial charge in [-0.1, -0.05) is 60.7 Å². The van der Waals surface area contributed by atoms with E-state index in [1.807, 2.05) is 60.7 Å². The van der Waals surface area contributed by atoms with Crippen molar-refractivity contribution in [2.24, 2.45) is 0 Å². The van der Waals surface area contributed by atoms with Gasteiger partial charge >= 0.3 is 5.97 Å². The third-order valence-corrected chi connectivity index (χ3v) is 5.55. The van der Waals surface area contributed by atoms with Crippen molar-refractivity contribution in [3.05, 3.63) is 108 Å². The van der Waals surface area contributed by atoms with Crippen molar-refractivity contribution in [1.29, 1.82) is 0 Å². The molecule has 0 aromatic heterocycles. The van der Waals surface area contributed by atoms with E-state index < -0.39 is 5.97 Å². The fourth-order valence-corrected chi connectivity index (χ4v) is 3.73. The number of benzene rings is 4. The van der Waals surface area contributed by atoms with E-state index >= 15 is 0 Å². The van der Waals surface area contributed by atoms with Crippen LogP contribution in [0.25, 0.3) is 16.8 Å². The standard InChI is InChI=1S/C29H27NO4/c1-33-26-9-5-8-25(19-26)30-20-22(18-21-12-14-24(15-13-21)29(31)32)16-17-34-28-11-4-7-23-6-2-3-10-27(23)28/h2-15,18-19,30H,16-17,20H2,1H3,(H,31,32). The largest absolute Gasteiger partial charge is 0.497 e. The third-order valence-electron chi connectivity index (χ3n) is 5.55. The number of nitrogens with one attached hydrogen (secondary N) is 1. The number of carboxylic acid groups (broad SMARTS) is 1. The Labute approximate surface area is 199 Å². The molecule has 5 nitrogen and oxygen atoms in total. The average Bonchev–Trinajstić information content (AvgIpc) is 2.87. The van der Waals surface area contributed by atoms with Gasteiger partial charge in [-0.15, -0.1) is 0 Å². The first-order valence-corrected chi connectivity index (χ1v) is 11.1. The third kappa shape index (κ3) is 5.95. The summed E-state index contributed by atoms with van der Waals surface area (Å²) < 4.78 is 11.5. The van der Waals surface area contributed by atoms with Crippen molar-refractivity contribution in [2.75, 3.05) is 25.6 Å². The number of anilines is 1. The molecule has 0 radical (unpaired) electrons. The minimum absolute atomic E-state index is 0.271. The minimum atomic E-state index is -0.932. The molecule has 34 heavy (non-hydrogen) atoms. The van der Waals surface area contributed by atoms with E-state index in [-0.39, 0.29) is 5.56 Å². The average molecular weight is 454 g/mol. The number of carbonyl (C=O) groups is 1.